The predicted octanol–water partition coefficient (Wildman–Crippen LogP) is 2.74. The van der Waals surface area contributed by atoms with E-state index in [-0.39, 0.29) is 24.7 Å². The second-order valence-electron chi connectivity index (χ2n) is 7.44. The maximum Gasteiger partial charge on any atom is 0.424 e. The fourth-order valence-electron chi connectivity index (χ4n) is 3.42. The van der Waals surface area contributed by atoms with E-state index in [0.29, 0.717) is 24.3 Å². The van der Waals surface area contributed by atoms with Gasteiger partial charge >= 0.3 is 6.18 Å². The van der Waals surface area contributed by atoms with Crippen LogP contribution < -0.4 is 0 Å². The largest absolute Gasteiger partial charge is 0.424 e. The van der Waals surface area contributed by atoms with E-state index >= 15 is 0 Å². The number of alkyl halides is 3. The molecule has 3 heterocycles. The van der Waals surface area contributed by atoms with Gasteiger partial charge in [0.05, 0.1) is 24.5 Å². The molecular formula is C17H19F3N4O3. The Kier molecular flexibility index (Phi) is 3.88. The van der Waals surface area contributed by atoms with Crippen LogP contribution in [0.15, 0.2) is 16.8 Å². The first-order valence-corrected chi connectivity index (χ1v) is 8.71. The lowest BCUT2D eigenvalue weighted by Gasteiger charge is -2.35. The highest BCUT2D eigenvalue weighted by atomic mass is 19.4. The molecule has 1 aliphatic heterocycles. The molecule has 0 spiro atoms. The lowest BCUT2D eigenvalue weighted by atomic mass is 10.0. The van der Waals surface area contributed by atoms with Crippen molar-refractivity contribution >= 4 is 5.91 Å². The van der Waals surface area contributed by atoms with E-state index in [1.165, 1.54) is 15.7 Å². The molecule has 10 heteroatoms. The molecule has 2 atom stereocenters. The van der Waals surface area contributed by atoms with Crippen LogP contribution >= 0.6 is 0 Å². The molecule has 27 heavy (non-hydrogen) atoms. The summed E-state index contributed by atoms with van der Waals surface area (Å²) in [4.78, 5) is 18.0. The Morgan fingerprint density at radius 1 is 1.37 bits per heavy atom. The average Bonchev–Trinajstić information content (AvgIpc) is 3.15. The van der Waals surface area contributed by atoms with Crippen molar-refractivity contribution in [2.75, 3.05) is 6.54 Å². The van der Waals surface area contributed by atoms with Crippen LogP contribution in [0.1, 0.15) is 66.4 Å². The van der Waals surface area contributed by atoms with E-state index in [2.05, 4.69) is 10.1 Å². The summed E-state index contributed by atoms with van der Waals surface area (Å²) >= 11 is 0. The number of aromatic nitrogens is 3. The van der Waals surface area contributed by atoms with Gasteiger partial charge in [0.15, 0.2) is 11.5 Å². The van der Waals surface area contributed by atoms with Crippen molar-refractivity contribution in [1.29, 1.82) is 0 Å². The number of hydrogen-bond acceptors (Lipinski definition) is 5. The number of carbonyl (C=O) groups is 1. The van der Waals surface area contributed by atoms with Gasteiger partial charge in [0.2, 0.25) is 5.60 Å². The first-order chi connectivity index (χ1) is 12.6. The van der Waals surface area contributed by atoms with Gasteiger partial charge in [-0.3, -0.25) is 4.79 Å². The second kappa shape index (κ2) is 5.82. The summed E-state index contributed by atoms with van der Waals surface area (Å²) in [6.45, 7) is 2.62. The van der Waals surface area contributed by atoms with Gasteiger partial charge < -0.3 is 19.1 Å². The van der Waals surface area contributed by atoms with Crippen LogP contribution in [0.3, 0.4) is 0 Å². The molecule has 146 valence electrons. The number of amides is 1. The van der Waals surface area contributed by atoms with Gasteiger partial charge in [0.25, 0.3) is 5.91 Å². The van der Waals surface area contributed by atoms with E-state index < -0.39 is 23.6 Å². The van der Waals surface area contributed by atoms with Crippen LogP contribution in [0.25, 0.3) is 0 Å². The highest BCUT2D eigenvalue weighted by Gasteiger charge is 2.55. The SMILES string of the molecule is C[C@H]1CN(C(=O)c2cc(C3CC3)on2)Cc2cnc([C@@](C)(O)C(F)(F)F)n21. The zero-order valence-corrected chi connectivity index (χ0v) is 14.8. The quantitative estimate of drug-likeness (QED) is 0.880. The third-order valence-corrected chi connectivity index (χ3v) is 5.15. The van der Waals surface area contributed by atoms with Crippen LogP contribution in [-0.4, -0.2) is 43.3 Å². The van der Waals surface area contributed by atoms with Crippen molar-refractivity contribution in [1.82, 2.24) is 19.6 Å². The van der Waals surface area contributed by atoms with Crippen LogP contribution in [-0.2, 0) is 12.1 Å². The molecule has 0 radical (unpaired) electrons. The van der Waals surface area contributed by atoms with Gasteiger partial charge in [0.1, 0.15) is 5.76 Å². The highest BCUT2D eigenvalue weighted by molar-refractivity contribution is 5.92. The number of halogens is 3. The number of imidazole rings is 1. The molecule has 7 nitrogen and oxygen atoms in total. The van der Waals surface area contributed by atoms with Crippen molar-refractivity contribution in [3.8, 4) is 0 Å². The van der Waals surface area contributed by atoms with Crippen molar-refractivity contribution in [3.05, 3.63) is 35.2 Å². The van der Waals surface area contributed by atoms with Crippen LogP contribution in [0.4, 0.5) is 13.2 Å². The lowest BCUT2D eigenvalue weighted by Crippen LogP contribution is -2.45. The highest BCUT2D eigenvalue weighted by Crippen LogP contribution is 2.41. The lowest BCUT2D eigenvalue weighted by molar-refractivity contribution is -0.263. The number of carbonyl (C=O) groups excluding carboxylic acids is 1. The van der Waals surface area contributed by atoms with E-state index in [1.54, 1.807) is 13.0 Å². The standard InChI is InChI=1S/C17H19F3N4O3/c1-9-7-23(14(25)12-5-13(27-22-12)10-3-4-10)8-11-6-21-15(24(9)11)16(2,26)17(18,19)20/h5-6,9-10,26H,3-4,7-8H2,1-2H3/t9-,16+/m0/s1. The molecule has 2 aromatic heterocycles. The molecule has 0 aromatic carbocycles. The normalized spacial score (nSPS) is 22.4. The Hall–Kier alpha value is -2.36. The molecule has 2 aliphatic rings. The molecule has 1 amide bonds. The van der Waals surface area contributed by atoms with Crippen molar-refractivity contribution < 1.29 is 27.6 Å². The van der Waals surface area contributed by atoms with Gasteiger partial charge in [-0.05, 0) is 26.7 Å². The second-order valence-corrected chi connectivity index (χ2v) is 7.44. The number of hydrogen-bond donors (Lipinski definition) is 1. The zero-order valence-electron chi connectivity index (χ0n) is 14.8. The maximum atomic E-state index is 13.2. The number of rotatable bonds is 3. The molecule has 4 rings (SSSR count). The molecular weight excluding hydrogens is 365 g/mol. The van der Waals surface area contributed by atoms with Gasteiger partial charge in [-0.15, -0.1) is 0 Å². The van der Waals surface area contributed by atoms with Gasteiger partial charge in [0, 0.05) is 18.5 Å². The maximum absolute atomic E-state index is 13.2. The Morgan fingerprint density at radius 3 is 2.70 bits per heavy atom. The zero-order chi connectivity index (χ0) is 19.6. The minimum atomic E-state index is -4.86. The Morgan fingerprint density at radius 2 is 2.07 bits per heavy atom. The average molecular weight is 384 g/mol. The summed E-state index contributed by atoms with van der Waals surface area (Å²) in [5, 5.41) is 13.8. The molecule has 0 unspecified atom stereocenters. The summed E-state index contributed by atoms with van der Waals surface area (Å²) in [7, 11) is 0. The van der Waals surface area contributed by atoms with Crippen molar-refractivity contribution in [2.24, 2.45) is 0 Å². The number of nitrogens with zero attached hydrogens (tertiary/aromatic N) is 4. The molecule has 1 saturated carbocycles. The van der Waals surface area contributed by atoms with Gasteiger partial charge in [-0.2, -0.15) is 13.2 Å². The van der Waals surface area contributed by atoms with Gasteiger partial charge in [-0.1, -0.05) is 5.16 Å². The Labute approximate surface area is 152 Å². The van der Waals surface area contributed by atoms with E-state index in [9.17, 15) is 23.1 Å². The first-order valence-electron chi connectivity index (χ1n) is 8.71. The summed E-state index contributed by atoms with van der Waals surface area (Å²) in [5.74, 6) is 0.209. The minimum Gasteiger partial charge on any atom is -0.374 e. The molecule has 1 fully saturated rings. The van der Waals surface area contributed by atoms with Crippen LogP contribution in [0.2, 0.25) is 0 Å². The Balaban J connectivity index is 1.59. The fourth-order valence-corrected chi connectivity index (χ4v) is 3.42. The topological polar surface area (TPSA) is 84.4 Å². The summed E-state index contributed by atoms with van der Waals surface area (Å²) < 4.78 is 46.2. The first kappa shape index (κ1) is 18.0. The summed E-state index contributed by atoms with van der Waals surface area (Å²) in [6.07, 6.45) is -1.55. The van der Waals surface area contributed by atoms with Crippen molar-refractivity contribution in [2.45, 2.75) is 57.0 Å². The van der Waals surface area contributed by atoms with Crippen LogP contribution in [0, 0.1) is 0 Å². The third kappa shape index (κ3) is 2.91. The smallest absolute Gasteiger partial charge is 0.374 e. The summed E-state index contributed by atoms with van der Waals surface area (Å²) in [6, 6.07) is 1.15. The van der Waals surface area contributed by atoms with E-state index in [0.717, 1.165) is 12.8 Å². The molecule has 0 saturated heterocycles. The van der Waals surface area contributed by atoms with Crippen molar-refractivity contribution in [3.63, 3.8) is 0 Å². The Bertz CT molecular complexity index is 882. The minimum absolute atomic E-state index is 0.0791. The number of fused-ring (bicyclic) bond motifs is 1. The monoisotopic (exact) mass is 384 g/mol. The third-order valence-electron chi connectivity index (χ3n) is 5.15. The molecule has 0 bridgehead atoms. The number of aliphatic hydroxyl groups is 1. The van der Waals surface area contributed by atoms with Gasteiger partial charge in [-0.25, -0.2) is 4.98 Å². The van der Waals surface area contributed by atoms with E-state index in [1.807, 2.05) is 0 Å². The summed E-state index contributed by atoms with van der Waals surface area (Å²) in [5.41, 5.74) is -2.45. The fraction of sp³-hybridized carbons (Fsp3) is 0.588. The van der Waals surface area contributed by atoms with E-state index in [4.69, 9.17) is 4.52 Å². The molecule has 2 aromatic rings. The van der Waals surface area contributed by atoms with Crippen LogP contribution in [0.5, 0.6) is 0 Å². The molecule has 1 N–H and O–H groups in total. The predicted molar refractivity (Wildman–Crippen MR) is 85.8 cm³/mol. The molecule has 1 aliphatic carbocycles.